The molecule has 2 aliphatic rings. The zero-order valence-electron chi connectivity index (χ0n) is 19.4. The van der Waals surface area contributed by atoms with E-state index in [2.05, 4.69) is 4.98 Å². The third-order valence-corrected chi connectivity index (χ3v) is 7.65. The smallest absolute Gasteiger partial charge is 0.409 e. The topological polar surface area (TPSA) is 115 Å². The van der Waals surface area contributed by atoms with Crippen LogP contribution in [0.2, 0.25) is 5.02 Å². The molecule has 1 unspecified atom stereocenters. The van der Waals surface area contributed by atoms with E-state index in [9.17, 15) is 14.4 Å². The van der Waals surface area contributed by atoms with Crippen LogP contribution < -0.4 is 15.4 Å². The Balaban J connectivity index is 1.32. The highest BCUT2D eigenvalue weighted by molar-refractivity contribution is 7.13. The van der Waals surface area contributed by atoms with Gasteiger partial charge in [0.2, 0.25) is 16.9 Å². The standard InChI is InChI=1S/C25H23ClN4O5S/c1-34-24(33)29-8-7-25(13-29)14-30(19-6-5-16(26)10-18(19)25)21(31)11-20-28-12-22(36-20)35-17-4-2-3-15(9-17)23(27)32/h2-6,9-10,12H,7-8,11,13-14H2,1H3,(H2,27,32). The minimum absolute atomic E-state index is 0.0915. The molecule has 3 heterocycles. The minimum Gasteiger partial charge on any atom is -0.453 e. The lowest BCUT2D eigenvalue weighted by Crippen LogP contribution is -2.40. The number of carbonyl (C=O) groups excluding carboxylic acids is 3. The van der Waals surface area contributed by atoms with Crippen LogP contribution in [0.5, 0.6) is 10.8 Å². The van der Waals surface area contributed by atoms with Crippen molar-refractivity contribution in [3.63, 3.8) is 0 Å². The van der Waals surface area contributed by atoms with Gasteiger partial charge in [-0.1, -0.05) is 29.0 Å². The first-order chi connectivity index (χ1) is 17.3. The molecule has 5 rings (SSSR count). The van der Waals surface area contributed by atoms with Gasteiger partial charge in [0.15, 0.2) is 0 Å². The normalized spacial score (nSPS) is 18.4. The van der Waals surface area contributed by atoms with Crippen LogP contribution >= 0.6 is 22.9 Å². The van der Waals surface area contributed by atoms with Gasteiger partial charge in [0, 0.05) is 41.3 Å². The van der Waals surface area contributed by atoms with Crippen molar-refractivity contribution in [2.45, 2.75) is 18.3 Å². The SMILES string of the molecule is COC(=O)N1CCC2(C1)CN(C(=O)Cc1ncc(Oc3cccc(C(N)=O)c3)s1)c1ccc(Cl)cc12. The van der Waals surface area contributed by atoms with Crippen molar-refractivity contribution in [1.29, 1.82) is 0 Å². The van der Waals surface area contributed by atoms with Gasteiger partial charge < -0.3 is 25.0 Å². The summed E-state index contributed by atoms with van der Waals surface area (Å²) in [6.07, 6.45) is 1.97. The van der Waals surface area contributed by atoms with E-state index in [0.717, 1.165) is 11.3 Å². The number of rotatable bonds is 5. The maximum Gasteiger partial charge on any atom is 0.409 e. The zero-order valence-corrected chi connectivity index (χ0v) is 21.0. The third-order valence-electron chi connectivity index (χ3n) is 6.54. The van der Waals surface area contributed by atoms with Crippen LogP contribution in [-0.4, -0.2) is 54.5 Å². The highest BCUT2D eigenvalue weighted by Crippen LogP contribution is 2.47. The quantitative estimate of drug-likeness (QED) is 0.537. The Morgan fingerprint density at radius 2 is 2.03 bits per heavy atom. The zero-order chi connectivity index (χ0) is 25.4. The first kappa shape index (κ1) is 24.1. The molecule has 9 nitrogen and oxygen atoms in total. The largest absolute Gasteiger partial charge is 0.453 e. The molecule has 0 radical (unpaired) electrons. The van der Waals surface area contributed by atoms with Crippen LogP contribution in [0.3, 0.4) is 0 Å². The Morgan fingerprint density at radius 3 is 2.81 bits per heavy atom. The number of amides is 3. The lowest BCUT2D eigenvalue weighted by molar-refractivity contribution is -0.118. The lowest BCUT2D eigenvalue weighted by atomic mass is 9.81. The first-order valence-corrected chi connectivity index (χ1v) is 12.4. The summed E-state index contributed by atoms with van der Waals surface area (Å²) >= 11 is 7.56. The fourth-order valence-corrected chi connectivity index (χ4v) is 5.80. The van der Waals surface area contributed by atoms with Crippen LogP contribution in [0.4, 0.5) is 10.5 Å². The summed E-state index contributed by atoms with van der Waals surface area (Å²) in [5.74, 6) is -0.196. The number of benzene rings is 2. The molecule has 0 aliphatic carbocycles. The summed E-state index contributed by atoms with van der Waals surface area (Å²) in [5.41, 5.74) is 7.04. The van der Waals surface area contributed by atoms with Crippen LogP contribution in [0.15, 0.2) is 48.7 Å². The van der Waals surface area contributed by atoms with Gasteiger partial charge >= 0.3 is 6.09 Å². The van der Waals surface area contributed by atoms with Crippen LogP contribution in [-0.2, 0) is 21.4 Å². The molecule has 1 atom stereocenters. The summed E-state index contributed by atoms with van der Waals surface area (Å²) in [7, 11) is 1.36. The maximum atomic E-state index is 13.4. The molecule has 2 aromatic carbocycles. The second kappa shape index (κ2) is 9.44. The predicted octanol–water partition coefficient (Wildman–Crippen LogP) is 3.99. The fraction of sp³-hybridized carbons (Fsp3) is 0.280. The lowest BCUT2D eigenvalue weighted by Gasteiger charge is -2.25. The highest BCUT2D eigenvalue weighted by Gasteiger charge is 2.50. The molecule has 0 bridgehead atoms. The van der Waals surface area contributed by atoms with Gasteiger partial charge in [-0.05, 0) is 48.4 Å². The Bertz CT molecular complexity index is 1360. The number of thiazole rings is 1. The van der Waals surface area contributed by atoms with Crippen LogP contribution in [0.25, 0.3) is 0 Å². The molecule has 3 amide bonds. The number of likely N-dealkylation sites (tertiary alicyclic amines) is 1. The summed E-state index contributed by atoms with van der Waals surface area (Å²) in [5, 5.41) is 1.68. The Hall–Kier alpha value is -3.63. The summed E-state index contributed by atoms with van der Waals surface area (Å²) in [6, 6.07) is 12.1. The van der Waals surface area contributed by atoms with Gasteiger partial charge in [0.25, 0.3) is 0 Å². The van der Waals surface area contributed by atoms with Gasteiger partial charge in [-0.3, -0.25) is 9.59 Å². The molecule has 11 heteroatoms. The monoisotopic (exact) mass is 526 g/mol. The number of ether oxygens (including phenoxy) is 2. The molecule has 1 spiro atoms. The van der Waals surface area contributed by atoms with Gasteiger partial charge in [0.1, 0.15) is 10.8 Å². The number of anilines is 1. The second-order valence-electron chi connectivity index (χ2n) is 8.81. The molecule has 3 aromatic rings. The number of halogens is 1. The molecule has 36 heavy (non-hydrogen) atoms. The number of aromatic nitrogens is 1. The van der Waals surface area contributed by atoms with E-state index in [4.69, 9.17) is 26.8 Å². The second-order valence-corrected chi connectivity index (χ2v) is 10.3. The number of hydrogen-bond acceptors (Lipinski definition) is 7. The van der Waals surface area contributed by atoms with Gasteiger partial charge in [-0.2, -0.15) is 0 Å². The third kappa shape index (κ3) is 4.49. The molecule has 186 valence electrons. The predicted molar refractivity (Wildman–Crippen MR) is 135 cm³/mol. The van der Waals surface area contributed by atoms with Crippen molar-refractivity contribution in [3.8, 4) is 10.8 Å². The number of fused-ring (bicyclic) bond motifs is 2. The summed E-state index contributed by atoms with van der Waals surface area (Å²) in [6.45, 7) is 1.45. The Morgan fingerprint density at radius 1 is 1.19 bits per heavy atom. The molecule has 1 fully saturated rings. The Kier molecular flexibility index (Phi) is 6.31. The van der Waals surface area contributed by atoms with E-state index in [1.165, 1.54) is 18.4 Å². The van der Waals surface area contributed by atoms with E-state index in [-0.39, 0.29) is 18.4 Å². The average Bonchev–Trinajstić information content (AvgIpc) is 3.57. The first-order valence-electron chi connectivity index (χ1n) is 11.2. The van der Waals surface area contributed by atoms with E-state index in [0.29, 0.717) is 52.5 Å². The summed E-state index contributed by atoms with van der Waals surface area (Å²) < 4.78 is 10.7. The number of methoxy groups -OCH3 is 1. The fourth-order valence-electron chi connectivity index (χ4n) is 4.85. The Labute approximate surface area is 216 Å². The molecule has 0 saturated carbocycles. The molecule has 2 aliphatic heterocycles. The molecule has 2 N–H and O–H groups in total. The number of nitrogens with zero attached hydrogens (tertiary/aromatic N) is 3. The van der Waals surface area contributed by atoms with E-state index in [1.54, 1.807) is 46.3 Å². The van der Waals surface area contributed by atoms with Crippen molar-refractivity contribution < 1.29 is 23.9 Å². The highest BCUT2D eigenvalue weighted by atomic mass is 35.5. The average molecular weight is 527 g/mol. The maximum absolute atomic E-state index is 13.4. The summed E-state index contributed by atoms with van der Waals surface area (Å²) in [4.78, 5) is 44.7. The van der Waals surface area contributed by atoms with Crippen molar-refractivity contribution >= 4 is 46.5 Å². The number of nitrogens with two attached hydrogens (primary N) is 1. The van der Waals surface area contributed by atoms with Crippen LogP contribution in [0.1, 0.15) is 27.3 Å². The number of primary amides is 1. The van der Waals surface area contributed by atoms with Crippen molar-refractivity contribution in [3.05, 3.63) is 69.8 Å². The minimum atomic E-state index is -0.544. The van der Waals surface area contributed by atoms with Crippen molar-refractivity contribution in [1.82, 2.24) is 9.88 Å². The van der Waals surface area contributed by atoms with Gasteiger partial charge in [-0.25, -0.2) is 9.78 Å². The number of hydrogen-bond donors (Lipinski definition) is 1. The van der Waals surface area contributed by atoms with E-state index < -0.39 is 11.3 Å². The van der Waals surface area contributed by atoms with Crippen LogP contribution in [0, 0.1) is 0 Å². The molecular weight excluding hydrogens is 504 g/mol. The van der Waals surface area contributed by atoms with Gasteiger partial charge in [0.05, 0.1) is 19.7 Å². The van der Waals surface area contributed by atoms with E-state index in [1.807, 2.05) is 12.1 Å². The number of carbonyl (C=O) groups is 3. The molecular formula is C25H23ClN4O5S. The van der Waals surface area contributed by atoms with Gasteiger partial charge in [-0.15, -0.1) is 0 Å². The van der Waals surface area contributed by atoms with Crippen molar-refractivity contribution in [2.24, 2.45) is 5.73 Å². The molecule has 1 aromatic heterocycles. The molecule has 1 saturated heterocycles. The van der Waals surface area contributed by atoms with E-state index >= 15 is 0 Å². The van der Waals surface area contributed by atoms with Crippen molar-refractivity contribution in [2.75, 3.05) is 31.6 Å².